The zero-order valence-electron chi connectivity index (χ0n) is 17.9. The lowest BCUT2D eigenvalue weighted by Gasteiger charge is -2.17. The SMILES string of the molecule is COc1ccc(N2C[C@H](C(=O)Nc3ccccc3C(=O)Nc3ccccc3Cl)CC2=O)cc1. The van der Waals surface area contributed by atoms with Gasteiger partial charge in [0, 0.05) is 18.7 Å². The second kappa shape index (κ2) is 9.75. The molecular formula is C25H22ClN3O4. The molecule has 33 heavy (non-hydrogen) atoms. The number of ether oxygens (including phenoxy) is 1. The van der Waals surface area contributed by atoms with Crippen LogP contribution in [0.5, 0.6) is 5.75 Å². The predicted octanol–water partition coefficient (Wildman–Crippen LogP) is 4.59. The molecule has 1 aliphatic heterocycles. The predicted molar refractivity (Wildman–Crippen MR) is 128 cm³/mol. The number of anilines is 3. The first kappa shape index (κ1) is 22.4. The molecule has 168 valence electrons. The summed E-state index contributed by atoms with van der Waals surface area (Å²) in [6, 6.07) is 20.7. The van der Waals surface area contributed by atoms with Crippen molar-refractivity contribution in [2.45, 2.75) is 6.42 Å². The Morgan fingerprint density at radius 2 is 1.61 bits per heavy atom. The van der Waals surface area contributed by atoms with Crippen LogP contribution < -0.4 is 20.3 Å². The topological polar surface area (TPSA) is 87.7 Å². The van der Waals surface area contributed by atoms with Gasteiger partial charge in [0.25, 0.3) is 5.91 Å². The summed E-state index contributed by atoms with van der Waals surface area (Å²) in [6.45, 7) is 0.255. The number of halogens is 1. The number of methoxy groups -OCH3 is 1. The van der Waals surface area contributed by atoms with Crippen LogP contribution in [0.1, 0.15) is 16.8 Å². The zero-order chi connectivity index (χ0) is 23.4. The smallest absolute Gasteiger partial charge is 0.257 e. The molecule has 0 radical (unpaired) electrons. The maximum absolute atomic E-state index is 13.0. The second-order valence-corrected chi connectivity index (χ2v) is 7.98. The molecule has 4 rings (SSSR count). The van der Waals surface area contributed by atoms with Gasteiger partial charge in [-0.2, -0.15) is 0 Å². The molecule has 1 saturated heterocycles. The normalized spacial score (nSPS) is 15.3. The van der Waals surface area contributed by atoms with Crippen molar-refractivity contribution in [2.24, 2.45) is 5.92 Å². The Kier molecular flexibility index (Phi) is 6.60. The number of nitrogens with one attached hydrogen (secondary N) is 2. The van der Waals surface area contributed by atoms with Crippen molar-refractivity contribution in [3.8, 4) is 5.75 Å². The lowest BCUT2D eigenvalue weighted by Crippen LogP contribution is -2.28. The highest BCUT2D eigenvalue weighted by molar-refractivity contribution is 6.34. The van der Waals surface area contributed by atoms with Crippen LogP contribution in [-0.2, 0) is 9.59 Å². The highest BCUT2D eigenvalue weighted by Crippen LogP contribution is 2.28. The van der Waals surface area contributed by atoms with Crippen molar-refractivity contribution >= 4 is 46.4 Å². The molecule has 0 saturated carbocycles. The largest absolute Gasteiger partial charge is 0.497 e. The van der Waals surface area contributed by atoms with Gasteiger partial charge in [-0.25, -0.2) is 0 Å². The Labute approximate surface area is 196 Å². The molecule has 1 aliphatic rings. The molecule has 0 unspecified atom stereocenters. The third kappa shape index (κ3) is 4.99. The summed E-state index contributed by atoms with van der Waals surface area (Å²) in [6.07, 6.45) is 0.0891. The van der Waals surface area contributed by atoms with E-state index >= 15 is 0 Å². The molecule has 0 aliphatic carbocycles. The Morgan fingerprint density at radius 3 is 2.30 bits per heavy atom. The van der Waals surface area contributed by atoms with Gasteiger partial charge in [-0.1, -0.05) is 35.9 Å². The quantitative estimate of drug-likeness (QED) is 0.559. The molecule has 8 heteroatoms. The minimum Gasteiger partial charge on any atom is -0.497 e. The van der Waals surface area contributed by atoms with E-state index in [1.807, 2.05) is 0 Å². The van der Waals surface area contributed by atoms with E-state index in [0.29, 0.717) is 33.4 Å². The van der Waals surface area contributed by atoms with Crippen LogP contribution in [0.25, 0.3) is 0 Å². The van der Waals surface area contributed by atoms with Crippen LogP contribution in [0.4, 0.5) is 17.1 Å². The van der Waals surface area contributed by atoms with Crippen molar-refractivity contribution in [2.75, 3.05) is 29.2 Å². The molecule has 1 atom stereocenters. The number of carbonyl (C=O) groups is 3. The van der Waals surface area contributed by atoms with Crippen LogP contribution in [0.2, 0.25) is 5.02 Å². The minimum absolute atomic E-state index is 0.0891. The number of hydrogen-bond donors (Lipinski definition) is 2. The lowest BCUT2D eigenvalue weighted by atomic mass is 10.1. The molecule has 3 aromatic carbocycles. The van der Waals surface area contributed by atoms with Gasteiger partial charge in [0.05, 0.1) is 35.0 Å². The first-order valence-electron chi connectivity index (χ1n) is 10.4. The van der Waals surface area contributed by atoms with E-state index in [0.717, 1.165) is 0 Å². The molecule has 2 N–H and O–H groups in total. The van der Waals surface area contributed by atoms with Crippen LogP contribution in [-0.4, -0.2) is 31.4 Å². The number of benzene rings is 3. The minimum atomic E-state index is -0.542. The molecule has 3 aromatic rings. The Bertz CT molecular complexity index is 1200. The van der Waals surface area contributed by atoms with Crippen molar-refractivity contribution in [3.05, 3.63) is 83.4 Å². The monoisotopic (exact) mass is 463 g/mol. The molecular weight excluding hydrogens is 442 g/mol. The Morgan fingerprint density at radius 1 is 0.939 bits per heavy atom. The fourth-order valence-electron chi connectivity index (χ4n) is 3.67. The van der Waals surface area contributed by atoms with Gasteiger partial charge >= 0.3 is 0 Å². The van der Waals surface area contributed by atoms with Gasteiger partial charge in [-0.15, -0.1) is 0 Å². The van der Waals surface area contributed by atoms with Crippen LogP contribution in [0, 0.1) is 5.92 Å². The van der Waals surface area contributed by atoms with Gasteiger partial charge in [0.2, 0.25) is 11.8 Å². The van der Waals surface area contributed by atoms with E-state index < -0.39 is 11.8 Å². The lowest BCUT2D eigenvalue weighted by molar-refractivity contribution is -0.122. The van der Waals surface area contributed by atoms with E-state index in [1.165, 1.54) is 0 Å². The van der Waals surface area contributed by atoms with Crippen molar-refractivity contribution < 1.29 is 19.1 Å². The summed E-state index contributed by atoms with van der Waals surface area (Å²) in [5.74, 6) is -0.713. The Balaban J connectivity index is 1.46. The number of amides is 3. The fourth-order valence-corrected chi connectivity index (χ4v) is 3.86. The van der Waals surface area contributed by atoms with E-state index in [4.69, 9.17) is 16.3 Å². The van der Waals surface area contributed by atoms with Gasteiger partial charge in [0.15, 0.2) is 0 Å². The van der Waals surface area contributed by atoms with Gasteiger partial charge in [-0.3, -0.25) is 14.4 Å². The first-order valence-corrected chi connectivity index (χ1v) is 10.7. The molecule has 0 spiro atoms. The third-order valence-electron chi connectivity index (χ3n) is 5.43. The summed E-state index contributed by atoms with van der Waals surface area (Å²) >= 11 is 6.13. The molecule has 3 amide bonds. The van der Waals surface area contributed by atoms with Crippen molar-refractivity contribution in [3.63, 3.8) is 0 Å². The van der Waals surface area contributed by atoms with E-state index in [1.54, 1.807) is 84.8 Å². The average molecular weight is 464 g/mol. The maximum atomic E-state index is 13.0. The summed E-state index contributed by atoms with van der Waals surface area (Å²) in [7, 11) is 1.57. The molecule has 1 fully saturated rings. The average Bonchev–Trinajstić information content (AvgIpc) is 3.22. The molecule has 1 heterocycles. The summed E-state index contributed by atoms with van der Waals surface area (Å²) in [5, 5.41) is 5.99. The molecule has 0 aromatic heterocycles. The van der Waals surface area contributed by atoms with Crippen LogP contribution >= 0.6 is 11.6 Å². The van der Waals surface area contributed by atoms with Crippen LogP contribution in [0.15, 0.2) is 72.8 Å². The highest BCUT2D eigenvalue weighted by atomic mass is 35.5. The number of nitrogens with zero attached hydrogens (tertiary/aromatic N) is 1. The number of rotatable bonds is 6. The van der Waals surface area contributed by atoms with Crippen molar-refractivity contribution in [1.29, 1.82) is 0 Å². The third-order valence-corrected chi connectivity index (χ3v) is 5.76. The summed E-state index contributed by atoms with van der Waals surface area (Å²) in [4.78, 5) is 39.9. The zero-order valence-corrected chi connectivity index (χ0v) is 18.6. The second-order valence-electron chi connectivity index (χ2n) is 7.57. The number of carbonyl (C=O) groups excluding carboxylic acids is 3. The van der Waals surface area contributed by atoms with Gasteiger partial charge in [0.1, 0.15) is 5.75 Å². The van der Waals surface area contributed by atoms with E-state index in [9.17, 15) is 14.4 Å². The van der Waals surface area contributed by atoms with Crippen LogP contribution in [0.3, 0.4) is 0 Å². The standard InChI is InChI=1S/C25H22ClN3O4/c1-33-18-12-10-17(11-13-18)29-15-16(14-23(29)30)24(31)27-21-8-4-2-6-19(21)25(32)28-22-9-5-3-7-20(22)26/h2-13,16H,14-15H2,1H3,(H,27,31)(H,28,32)/t16-/m1/s1. The van der Waals surface area contributed by atoms with E-state index in [-0.39, 0.29) is 24.8 Å². The molecule has 0 bridgehead atoms. The summed E-state index contributed by atoms with van der Waals surface area (Å²) in [5.41, 5.74) is 1.84. The Hall–Kier alpha value is -3.84. The molecule has 7 nitrogen and oxygen atoms in total. The van der Waals surface area contributed by atoms with Crippen molar-refractivity contribution in [1.82, 2.24) is 0 Å². The van der Waals surface area contributed by atoms with Gasteiger partial charge < -0.3 is 20.3 Å². The maximum Gasteiger partial charge on any atom is 0.257 e. The van der Waals surface area contributed by atoms with Gasteiger partial charge in [-0.05, 0) is 48.5 Å². The summed E-state index contributed by atoms with van der Waals surface area (Å²) < 4.78 is 5.15. The fraction of sp³-hybridized carbons (Fsp3) is 0.160. The first-order chi connectivity index (χ1) is 16.0. The highest BCUT2D eigenvalue weighted by Gasteiger charge is 2.35. The number of hydrogen-bond acceptors (Lipinski definition) is 4. The van der Waals surface area contributed by atoms with E-state index in [2.05, 4.69) is 10.6 Å². The number of para-hydroxylation sites is 2.